The van der Waals surface area contributed by atoms with E-state index in [-0.39, 0.29) is 17.8 Å². The van der Waals surface area contributed by atoms with Gasteiger partial charge >= 0.3 is 0 Å². The zero-order valence-corrected chi connectivity index (χ0v) is 12.1. The van der Waals surface area contributed by atoms with Gasteiger partial charge in [0.2, 0.25) is 0 Å². The number of aryl methyl sites for hydroxylation is 1. The molecule has 0 saturated carbocycles. The van der Waals surface area contributed by atoms with Gasteiger partial charge in [0.15, 0.2) is 11.5 Å². The molecule has 0 aromatic heterocycles. The fourth-order valence-electron chi connectivity index (χ4n) is 2.21. The Bertz CT molecular complexity index is 702. The number of carbonyl (C=O) groups is 1. The Morgan fingerprint density at radius 1 is 1.27 bits per heavy atom. The Labute approximate surface area is 127 Å². The maximum Gasteiger partial charge on any atom is 0.251 e. The van der Waals surface area contributed by atoms with Gasteiger partial charge < -0.3 is 14.8 Å². The first-order valence-electron chi connectivity index (χ1n) is 7.06. The van der Waals surface area contributed by atoms with Crippen LogP contribution in [0.3, 0.4) is 0 Å². The highest BCUT2D eigenvalue weighted by Crippen LogP contribution is 2.30. The number of carbonyl (C=O) groups excluding carboxylic acids is 1. The highest BCUT2D eigenvalue weighted by molar-refractivity contribution is 5.94. The van der Waals surface area contributed by atoms with E-state index in [1.165, 1.54) is 6.07 Å². The Kier molecular flexibility index (Phi) is 3.96. The SMILES string of the molecule is Cc1ccc(C(=O)NC[C@@H]2COc3ccccc3O2)cc1F. The van der Waals surface area contributed by atoms with Gasteiger partial charge in [-0.15, -0.1) is 0 Å². The largest absolute Gasteiger partial charge is 0.486 e. The molecule has 4 nitrogen and oxygen atoms in total. The molecule has 3 rings (SSSR count). The normalized spacial score (nSPS) is 16.2. The zero-order valence-electron chi connectivity index (χ0n) is 12.1. The maximum absolute atomic E-state index is 13.5. The van der Waals surface area contributed by atoms with E-state index in [1.807, 2.05) is 24.3 Å². The molecule has 1 aliphatic heterocycles. The molecule has 0 radical (unpaired) electrons. The summed E-state index contributed by atoms with van der Waals surface area (Å²) in [5.74, 6) is 0.639. The minimum Gasteiger partial charge on any atom is -0.486 e. The molecule has 2 aromatic carbocycles. The first-order chi connectivity index (χ1) is 10.6. The summed E-state index contributed by atoms with van der Waals surface area (Å²) in [6.07, 6.45) is -0.269. The lowest BCUT2D eigenvalue weighted by Gasteiger charge is -2.26. The Morgan fingerprint density at radius 3 is 2.82 bits per heavy atom. The molecule has 2 aromatic rings. The number of fused-ring (bicyclic) bond motifs is 1. The monoisotopic (exact) mass is 301 g/mol. The van der Waals surface area contributed by atoms with Gasteiger partial charge in [0.25, 0.3) is 5.91 Å². The average molecular weight is 301 g/mol. The summed E-state index contributed by atoms with van der Waals surface area (Å²) in [4.78, 5) is 12.0. The second-order valence-corrected chi connectivity index (χ2v) is 5.17. The van der Waals surface area contributed by atoms with Crippen LogP contribution in [0.1, 0.15) is 15.9 Å². The van der Waals surface area contributed by atoms with Crippen LogP contribution in [0, 0.1) is 12.7 Å². The van der Waals surface area contributed by atoms with Gasteiger partial charge in [-0.2, -0.15) is 0 Å². The van der Waals surface area contributed by atoms with Crippen LogP contribution in [0.25, 0.3) is 0 Å². The molecule has 0 saturated heterocycles. The first-order valence-corrected chi connectivity index (χ1v) is 7.06. The average Bonchev–Trinajstić information content (AvgIpc) is 2.55. The molecule has 0 fully saturated rings. The summed E-state index contributed by atoms with van der Waals surface area (Å²) in [7, 11) is 0. The number of benzene rings is 2. The van der Waals surface area contributed by atoms with Gasteiger partial charge in [0.05, 0.1) is 6.54 Å². The molecule has 22 heavy (non-hydrogen) atoms. The summed E-state index contributed by atoms with van der Waals surface area (Å²) in [5.41, 5.74) is 0.803. The van der Waals surface area contributed by atoms with Gasteiger partial charge in [-0.05, 0) is 36.8 Å². The third-order valence-electron chi connectivity index (χ3n) is 3.49. The summed E-state index contributed by atoms with van der Waals surface area (Å²) in [5, 5.41) is 2.74. The molecule has 1 atom stereocenters. The van der Waals surface area contributed by atoms with Crippen LogP contribution in [0.15, 0.2) is 42.5 Å². The fraction of sp³-hybridized carbons (Fsp3) is 0.235. The summed E-state index contributed by atoms with van der Waals surface area (Å²) in [6, 6.07) is 11.8. The van der Waals surface area contributed by atoms with Gasteiger partial charge in [-0.3, -0.25) is 4.79 Å². The van der Waals surface area contributed by atoms with Crippen molar-refractivity contribution in [2.75, 3.05) is 13.2 Å². The molecule has 1 amide bonds. The van der Waals surface area contributed by atoms with E-state index >= 15 is 0 Å². The van der Waals surface area contributed by atoms with E-state index in [0.717, 1.165) is 0 Å². The molecule has 5 heteroatoms. The van der Waals surface area contributed by atoms with Crippen molar-refractivity contribution in [2.24, 2.45) is 0 Å². The van der Waals surface area contributed by atoms with Crippen LogP contribution in [-0.4, -0.2) is 25.2 Å². The van der Waals surface area contributed by atoms with Gasteiger partial charge in [-0.1, -0.05) is 18.2 Å². The first kappa shape index (κ1) is 14.4. The van der Waals surface area contributed by atoms with E-state index in [2.05, 4.69) is 5.32 Å². The Morgan fingerprint density at radius 2 is 2.05 bits per heavy atom. The van der Waals surface area contributed by atoms with E-state index in [9.17, 15) is 9.18 Å². The predicted molar refractivity (Wildman–Crippen MR) is 79.8 cm³/mol. The van der Waals surface area contributed by atoms with Crippen LogP contribution in [0.5, 0.6) is 11.5 Å². The number of para-hydroxylation sites is 2. The maximum atomic E-state index is 13.5. The van der Waals surface area contributed by atoms with Crippen LogP contribution in [0.4, 0.5) is 4.39 Å². The molecule has 1 aliphatic rings. The minimum absolute atomic E-state index is 0.269. The standard InChI is InChI=1S/C17H16FNO3/c1-11-6-7-12(8-14(11)18)17(20)19-9-13-10-21-15-4-2-3-5-16(15)22-13/h2-8,13H,9-10H2,1H3,(H,19,20)/t13-/m1/s1. The molecule has 0 bridgehead atoms. The number of rotatable bonds is 3. The van der Waals surface area contributed by atoms with Gasteiger partial charge in [0.1, 0.15) is 18.5 Å². The highest BCUT2D eigenvalue weighted by Gasteiger charge is 2.21. The quantitative estimate of drug-likeness (QED) is 0.948. The van der Waals surface area contributed by atoms with Gasteiger partial charge in [0, 0.05) is 5.56 Å². The van der Waals surface area contributed by atoms with E-state index in [0.29, 0.717) is 35.8 Å². The van der Waals surface area contributed by atoms with Crippen LogP contribution in [-0.2, 0) is 0 Å². The van der Waals surface area contributed by atoms with Crippen molar-refractivity contribution in [3.05, 3.63) is 59.4 Å². The summed E-state index contributed by atoms with van der Waals surface area (Å²) in [6.45, 7) is 2.31. The van der Waals surface area contributed by atoms with Crippen molar-refractivity contribution in [1.82, 2.24) is 5.32 Å². The fourth-order valence-corrected chi connectivity index (χ4v) is 2.21. The predicted octanol–water partition coefficient (Wildman–Crippen LogP) is 2.70. The van der Waals surface area contributed by atoms with Crippen LogP contribution >= 0.6 is 0 Å². The van der Waals surface area contributed by atoms with Crippen molar-refractivity contribution in [3.8, 4) is 11.5 Å². The third kappa shape index (κ3) is 3.03. The second kappa shape index (κ2) is 6.05. The second-order valence-electron chi connectivity index (χ2n) is 5.17. The Hall–Kier alpha value is -2.56. The molecule has 0 unspecified atom stereocenters. The van der Waals surface area contributed by atoms with Crippen molar-refractivity contribution in [3.63, 3.8) is 0 Å². The highest BCUT2D eigenvalue weighted by atomic mass is 19.1. The minimum atomic E-state index is -0.390. The Balaban J connectivity index is 1.59. The van der Waals surface area contributed by atoms with Crippen molar-refractivity contribution < 1.29 is 18.7 Å². The molecule has 1 heterocycles. The molecular formula is C17H16FNO3. The molecule has 0 spiro atoms. The number of halogens is 1. The lowest BCUT2D eigenvalue weighted by Crippen LogP contribution is -2.40. The number of hydrogen-bond acceptors (Lipinski definition) is 3. The number of ether oxygens (including phenoxy) is 2. The van der Waals surface area contributed by atoms with Crippen molar-refractivity contribution >= 4 is 5.91 Å². The number of hydrogen-bond donors (Lipinski definition) is 1. The van der Waals surface area contributed by atoms with Gasteiger partial charge in [-0.25, -0.2) is 4.39 Å². The van der Waals surface area contributed by atoms with Crippen molar-refractivity contribution in [2.45, 2.75) is 13.0 Å². The summed E-state index contributed by atoms with van der Waals surface area (Å²) >= 11 is 0. The molecule has 0 aliphatic carbocycles. The van der Waals surface area contributed by atoms with E-state index in [4.69, 9.17) is 9.47 Å². The molecule has 114 valence electrons. The third-order valence-corrected chi connectivity index (χ3v) is 3.49. The van der Waals surface area contributed by atoms with Crippen LogP contribution in [0.2, 0.25) is 0 Å². The summed E-state index contributed by atoms with van der Waals surface area (Å²) < 4.78 is 24.8. The topological polar surface area (TPSA) is 47.6 Å². The lowest BCUT2D eigenvalue weighted by atomic mass is 10.1. The van der Waals surface area contributed by atoms with Crippen molar-refractivity contribution in [1.29, 1.82) is 0 Å². The van der Waals surface area contributed by atoms with E-state index in [1.54, 1.807) is 19.1 Å². The molecular weight excluding hydrogens is 285 g/mol. The number of nitrogens with one attached hydrogen (secondary N) is 1. The van der Waals surface area contributed by atoms with Crippen LogP contribution < -0.4 is 14.8 Å². The van der Waals surface area contributed by atoms with E-state index < -0.39 is 0 Å². The zero-order chi connectivity index (χ0) is 15.5. The molecule has 1 N–H and O–H groups in total. The lowest BCUT2D eigenvalue weighted by molar-refractivity contribution is 0.0789. The smallest absolute Gasteiger partial charge is 0.251 e. The number of amides is 1.